The molecule has 5 rings (SSSR count). The van der Waals surface area contributed by atoms with Crippen LogP contribution < -0.4 is 10.2 Å². The van der Waals surface area contributed by atoms with Crippen LogP contribution in [0.25, 0.3) is 17.2 Å². The molecule has 5 heterocycles. The smallest absolute Gasteiger partial charge is 0.187 e. The van der Waals surface area contributed by atoms with Gasteiger partial charge in [0.15, 0.2) is 11.6 Å². The van der Waals surface area contributed by atoms with Gasteiger partial charge in [-0.2, -0.15) is 0 Å². The Morgan fingerprint density at radius 2 is 1.90 bits per heavy atom. The van der Waals surface area contributed by atoms with Crippen LogP contribution in [-0.4, -0.2) is 59.0 Å². The number of hydrogen-bond acceptors (Lipinski definition) is 8. The molecule has 2 aliphatic heterocycles. The first kappa shape index (κ1) is 19.9. The molecule has 0 radical (unpaired) electrons. The first-order valence-corrected chi connectivity index (χ1v) is 10.7. The van der Waals surface area contributed by atoms with Crippen LogP contribution in [0.15, 0.2) is 37.2 Å². The van der Waals surface area contributed by atoms with Gasteiger partial charge in [0, 0.05) is 48.8 Å². The number of nitrogens with one attached hydrogen (secondary N) is 1. The Kier molecular flexibility index (Phi) is 4.65. The van der Waals surface area contributed by atoms with Crippen molar-refractivity contribution in [3.05, 3.63) is 37.2 Å². The lowest BCUT2D eigenvalue weighted by Gasteiger charge is -2.55. The number of nitrogens with zero attached hydrogens (tertiary/aromatic N) is 7. The number of aromatic hydroxyl groups is 1. The summed E-state index contributed by atoms with van der Waals surface area (Å²) >= 11 is 0. The standard InChI is InChI=1S/C22H28N8O/c1-21-5-4-6-22(2,28-21)11-15(10-21)29(3)19-13-25-20(27-26-19)16-12-24-18(9-17(16)31)30-8-7-23-14-30/h7-9,12-15,28H,4-6,10-11H2,1-3H3,(H,24,31)/t15-,21-,22+. The molecule has 0 unspecified atom stereocenters. The molecule has 3 aromatic heterocycles. The Labute approximate surface area is 181 Å². The highest BCUT2D eigenvalue weighted by Gasteiger charge is 2.46. The second-order valence-corrected chi connectivity index (χ2v) is 9.44. The van der Waals surface area contributed by atoms with Crippen molar-refractivity contribution in [1.82, 2.24) is 35.0 Å². The Morgan fingerprint density at radius 1 is 1.13 bits per heavy atom. The molecule has 0 aliphatic carbocycles. The van der Waals surface area contributed by atoms with Crippen LogP contribution in [-0.2, 0) is 0 Å². The van der Waals surface area contributed by atoms with Crippen molar-refractivity contribution in [2.24, 2.45) is 0 Å². The third kappa shape index (κ3) is 3.74. The summed E-state index contributed by atoms with van der Waals surface area (Å²) in [4.78, 5) is 15.0. The topological polar surface area (TPSA) is 105 Å². The fraction of sp³-hybridized carbons (Fsp3) is 0.500. The van der Waals surface area contributed by atoms with Crippen LogP contribution in [0.2, 0.25) is 0 Å². The van der Waals surface area contributed by atoms with Gasteiger partial charge in [-0.1, -0.05) is 0 Å². The number of rotatable bonds is 4. The number of imidazole rings is 1. The van der Waals surface area contributed by atoms with E-state index >= 15 is 0 Å². The first-order valence-electron chi connectivity index (χ1n) is 10.7. The number of fused-ring (bicyclic) bond motifs is 2. The zero-order valence-corrected chi connectivity index (χ0v) is 18.2. The molecule has 0 aromatic carbocycles. The Bertz CT molecular complexity index is 1050. The molecule has 162 valence electrons. The molecule has 2 aliphatic rings. The van der Waals surface area contributed by atoms with Gasteiger partial charge < -0.3 is 15.3 Å². The summed E-state index contributed by atoms with van der Waals surface area (Å²) in [7, 11) is 2.07. The normalized spacial score (nSPS) is 27.8. The molecule has 0 amide bonds. The van der Waals surface area contributed by atoms with Crippen molar-refractivity contribution in [2.75, 3.05) is 11.9 Å². The van der Waals surface area contributed by atoms with Crippen molar-refractivity contribution < 1.29 is 5.11 Å². The quantitative estimate of drug-likeness (QED) is 0.664. The van der Waals surface area contributed by atoms with E-state index in [1.54, 1.807) is 41.7 Å². The summed E-state index contributed by atoms with van der Waals surface area (Å²) in [5.74, 6) is 1.71. The fourth-order valence-electron chi connectivity index (χ4n) is 5.30. The minimum absolute atomic E-state index is 0.0497. The Morgan fingerprint density at radius 3 is 2.52 bits per heavy atom. The summed E-state index contributed by atoms with van der Waals surface area (Å²) in [6.45, 7) is 4.67. The van der Waals surface area contributed by atoms with Crippen molar-refractivity contribution in [1.29, 1.82) is 0 Å². The molecule has 2 saturated heterocycles. The lowest BCUT2D eigenvalue weighted by atomic mass is 9.69. The van der Waals surface area contributed by atoms with E-state index in [0.29, 0.717) is 23.2 Å². The maximum atomic E-state index is 10.5. The largest absolute Gasteiger partial charge is 0.507 e. The van der Waals surface area contributed by atoms with Gasteiger partial charge in [-0.3, -0.25) is 4.57 Å². The highest BCUT2D eigenvalue weighted by molar-refractivity contribution is 5.63. The summed E-state index contributed by atoms with van der Waals surface area (Å²) in [6, 6.07) is 1.94. The van der Waals surface area contributed by atoms with Gasteiger partial charge in [-0.05, 0) is 46.0 Å². The van der Waals surface area contributed by atoms with E-state index < -0.39 is 0 Å². The van der Waals surface area contributed by atoms with Crippen LogP contribution in [0.4, 0.5) is 5.82 Å². The number of aromatic nitrogens is 6. The van der Waals surface area contributed by atoms with Gasteiger partial charge in [0.2, 0.25) is 0 Å². The molecule has 3 aromatic rings. The van der Waals surface area contributed by atoms with Crippen LogP contribution >= 0.6 is 0 Å². The summed E-state index contributed by atoms with van der Waals surface area (Å²) in [5.41, 5.74) is 0.778. The second kappa shape index (κ2) is 7.26. The van der Waals surface area contributed by atoms with Gasteiger partial charge in [0.1, 0.15) is 17.9 Å². The van der Waals surface area contributed by atoms with Crippen molar-refractivity contribution in [3.63, 3.8) is 0 Å². The molecule has 2 fully saturated rings. The van der Waals surface area contributed by atoms with Gasteiger partial charge in [-0.25, -0.2) is 15.0 Å². The molecule has 0 spiro atoms. The summed E-state index contributed by atoms with van der Waals surface area (Å²) in [5, 5.41) is 23.1. The highest BCUT2D eigenvalue weighted by Crippen LogP contribution is 2.41. The van der Waals surface area contributed by atoms with Gasteiger partial charge in [0.25, 0.3) is 0 Å². The highest BCUT2D eigenvalue weighted by atomic mass is 16.3. The van der Waals surface area contributed by atoms with Crippen LogP contribution in [0.5, 0.6) is 5.75 Å². The lowest BCUT2D eigenvalue weighted by molar-refractivity contribution is 0.0784. The van der Waals surface area contributed by atoms with Gasteiger partial charge in [0.05, 0.1) is 11.8 Å². The molecule has 9 nitrogen and oxygen atoms in total. The number of anilines is 1. The average Bonchev–Trinajstić information content (AvgIpc) is 3.27. The molecule has 3 atom stereocenters. The molecular weight excluding hydrogens is 392 g/mol. The Hall–Kier alpha value is -3.07. The SMILES string of the molecule is CN(c1cnc(-c2cnc(-n3ccnc3)cc2O)nn1)[C@H]1C[C@]2(C)CCC[C@](C)(C1)N2. The number of pyridine rings is 1. The third-order valence-corrected chi connectivity index (χ3v) is 6.77. The monoisotopic (exact) mass is 420 g/mol. The number of hydrogen-bond donors (Lipinski definition) is 2. The second-order valence-electron chi connectivity index (χ2n) is 9.44. The summed E-state index contributed by atoms with van der Waals surface area (Å²) in [6.07, 6.45) is 14.2. The molecule has 2 N–H and O–H groups in total. The minimum atomic E-state index is 0.0497. The first-order chi connectivity index (χ1) is 14.8. The van der Waals surface area contributed by atoms with Crippen molar-refractivity contribution in [2.45, 2.75) is 63.1 Å². The average molecular weight is 421 g/mol. The molecular formula is C22H28N8O. The molecule has 31 heavy (non-hydrogen) atoms. The fourth-order valence-corrected chi connectivity index (χ4v) is 5.30. The van der Waals surface area contributed by atoms with Crippen LogP contribution in [0, 0.1) is 0 Å². The molecule has 0 saturated carbocycles. The zero-order chi connectivity index (χ0) is 21.6. The predicted molar refractivity (Wildman–Crippen MR) is 117 cm³/mol. The van der Waals surface area contributed by atoms with E-state index in [0.717, 1.165) is 18.7 Å². The molecule has 2 bridgehead atoms. The number of piperidine rings is 2. The van der Waals surface area contributed by atoms with E-state index in [9.17, 15) is 5.11 Å². The van der Waals surface area contributed by atoms with E-state index in [4.69, 9.17) is 0 Å². The maximum Gasteiger partial charge on any atom is 0.187 e. The molecule has 9 heteroatoms. The van der Waals surface area contributed by atoms with E-state index in [1.807, 2.05) is 0 Å². The van der Waals surface area contributed by atoms with Gasteiger partial charge in [-0.15, -0.1) is 10.2 Å². The van der Waals surface area contributed by atoms with Gasteiger partial charge >= 0.3 is 0 Å². The van der Waals surface area contributed by atoms with Crippen molar-refractivity contribution >= 4 is 5.82 Å². The lowest BCUT2D eigenvalue weighted by Crippen LogP contribution is -2.66. The summed E-state index contributed by atoms with van der Waals surface area (Å²) < 4.78 is 1.72. The van der Waals surface area contributed by atoms with E-state index in [1.165, 1.54) is 19.3 Å². The zero-order valence-electron chi connectivity index (χ0n) is 18.2. The van der Waals surface area contributed by atoms with Crippen molar-refractivity contribution in [3.8, 4) is 23.0 Å². The van der Waals surface area contributed by atoms with E-state index in [-0.39, 0.29) is 16.8 Å². The van der Waals surface area contributed by atoms with E-state index in [2.05, 4.69) is 56.3 Å². The maximum absolute atomic E-state index is 10.5. The third-order valence-electron chi connectivity index (χ3n) is 6.77. The Balaban J connectivity index is 1.35. The van der Waals surface area contributed by atoms with Crippen LogP contribution in [0.1, 0.15) is 46.0 Å². The minimum Gasteiger partial charge on any atom is -0.507 e. The van der Waals surface area contributed by atoms with Crippen LogP contribution in [0.3, 0.4) is 0 Å². The predicted octanol–water partition coefficient (Wildman–Crippen LogP) is 2.71.